The van der Waals surface area contributed by atoms with Crippen molar-refractivity contribution in [3.63, 3.8) is 0 Å². The molecule has 0 spiro atoms. The Morgan fingerprint density at radius 3 is 2.40 bits per heavy atom. The number of carbonyl (C=O) groups excluding carboxylic acids is 1. The maximum atomic E-state index is 12.4. The van der Waals surface area contributed by atoms with Crippen molar-refractivity contribution in [3.8, 4) is 11.5 Å². The average Bonchev–Trinajstić information content (AvgIpc) is 2.61. The third-order valence-corrected chi connectivity index (χ3v) is 3.90. The molecule has 0 aliphatic rings. The van der Waals surface area contributed by atoms with Gasteiger partial charge < -0.3 is 20.5 Å². The number of hydrogen-bond donors (Lipinski definition) is 2. The maximum absolute atomic E-state index is 12.4. The Morgan fingerprint density at radius 2 is 1.80 bits per heavy atom. The van der Waals surface area contributed by atoms with Crippen LogP contribution in [0.3, 0.4) is 0 Å². The van der Waals surface area contributed by atoms with E-state index in [9.17, 15) is 4.79 Å². The van der Waals surface area contributed by atoms with Crippen LogP contribution in [0.2, 0.25) is 0 Å². The molecule has 0 radical (unpaired) electrons. The predicted octanol–water partition coefficient (Wildman–Crippen LogP) is 2.87. The lowest BCUT2D eigenvalue weighted by atomic mass is 10.0. The molecule has 136 valence electrons. The minimum Gasteiger partial charge on any atom is -0.497 e. The number of benzene rings is 2. The van der Waals surface area contributed by atoms with Crippen LogP contribution in [0.1, 0.15) is 24.1 Å². The third-order valence-electron chi connectivity index (χ3n) is 3.90. The molecule has 0 heterocycles. The van der Waals surface area contributed by atoms with E-state index in [-0.39, 0.29) is 24.4 Å². The SMILES string of the molecule is COc1ccc(OC)c(C(C)NC(=O)C(N)Cc2ccccc2)c1.Cl. The van der Waals surface area contributed by atoms with E-state index in [4.69, 9.17) is 15.2 Å². The van der Waals surface area contributed by atoms with Crippen molar-refractivity contribution >= 4 is 18.3 Å². The first kappa shape index (κ1) is 20.8. The monoisotopic (exact) mass is 364 g/mol. The highest BCUT2D eigenvalue weighted by Crippen LogP contribution is 2.29. The van der Waals surface area contributed by atoms with Gasteiger partial charge in [0.1, 0.15) is 11.5 Å². The van der Waals surface area contributed by atoms with E-state index in [1.807, 2.05) is 55.5 Å². The van der Waals surface area contributed by atoms with Gasteiger partial charge in [-0.1, -0.05) is 30.3 Å². The molecule has 0 saturated carbocycles. The molecule has 3 N–H and O–H groups in total. The van der Waals surface area contributed by atoms with Crippen LogP contribution in [0, 0.1) is 0 Å². The van der Waals surface area contributed by atoms with Crippen LogP contribution in [-0.4, -0.2) is 26.2 Å². The Labute approximate surface area is 154 Å². The number of rotatable bonds is 7. The molecule has 0 aliphatic heterocycles. The number of methoxy groups -OCH3 is 2. The summed E-state index contributed by atoms with van der Waals surface area (Å²) < 4.78 is 10.6. The molecule has 0 aromatic heterocycles. The van der Waals surface area contributed by atoms with E-state index in [1.54, 1.807) is 14.2 Å². The van der Waals surface area contributed by atoms with E-state index < -0.39 is 6.04 Å². The minimum atomic E-state index is -0.605. The van der Waals surface area contributed by atoms with Crippen LogP contribution in [-0.2, 0) is 11.2 Å². The average molecular weight is 365 g/mol. The number of carbonyl (C=O) groups is 1. The van der Waals surface area contributed by atoms with Crippen LogP contribution >= 0.6 is 12.4 Å². The lowest BCUT2D eigenvalue weighted by Gasteiger charge is -2.20. The van der Waals surface area contributed by atoms with Crippen LogP contribution < -0.4 is 20.5 Å². The number of nitrogens with two attached hydrogens (primary N) is 1. The van der Waals surface area contributed by atoms with Crippen LogP contribution in [0.15, 0.2) is 48.5 Å². The Morgan fingerprint density at radius 1 is 1.12 bits per heavy atom. The molecule has 0 bridgehead atoms. The van der Waals surface area contributed by atoms with Crippen molar-refractivity contribution in [2.24, 2.45) is 5.73 Å². The molecule has 2 atom stereocenters. The molecule has 2 aromatic carbocycles. The van der Waals surface area contributed by atoms with Gasteiger partial charge in [-0.2, -0.15) is 0 Å². The summed E-state index contributed by atoms with van der Waals surface area (Å²) in [7, 11) is 3.20. The summed E-state index contributed by atoms with van der Waals surface area (Å²) in [6, 6.07) is 14.4. The van der Waals surface area contributed by atoms with E-state index in [2.05, 4.69) is 5.32 Å². The molecule has 2 rings (SSSR count). The molecule has 2 unspecified atom stereocenters. The first-order chi connectivity index (χ1) is 11.5. The molecule has 5 nitrogen and oxygen atoms in total. The van der Waals surface area contributed by atoms with Crippen molar-refractivity contribution < 1.29 is 14.3 Å². The number of amides is 1. The quantitative estimate of drug-likeness (QED) is 0.792. The van der Waals surface area contributed by atoms with Gasteiger partial charge in [0.15, 0.2) is 0 Å². The molecule has 0 aliphatic carbocycles. The fourth-order valence-corrected chi connectivity index (χ4v) is 2.54. The second-order valence-electron chi connectivity index (χ2n) is 5.63. The van der Waals surface area contributed by atoms with E-state index >= 15 is 0 Å². The Kier molecular flexibility index (Phi) is 8.25. The van der Waals surface area contributed by atoms with E-state index in [0.29, 0.717) is 17.9 Å². The summed E-state index contributed by atoms with van der Waals surface area (Å²) in [6.45, 7) is 1.89. The summed E-state index contributed by atoms with van der Waals surface area (Å²) in [4.78, 5) is 12.4. The summed E-state index contributed by atoms with van der Waals surface area (Å²) in [5.41, 5.74) is 7.91. The standard InChI is InChI=1S/C19H24N2O3.ClH/c1-13(16-12-15(23-2)9-10-18(16)24-3)21-19(22)17(20)11-14-7-5-4-6-8-14;/h4-10,12-13,17H,11,20H2,1-3H3,(H,21,22);1H. The maximum Gasteiger partial charge on any atom is 0.237 e. The number of ether oxygens (including phenoxy) is 2. The highest BCUT2D eigenvalue weighted by Gasteiger charge is 2.19. The van der Waals surface area contributed by atoms with Gasteiger partial charge in [0.2, 0.25) is 5.91 Å². The zero-order valence-electron chi connectivity index (χ0n) is 14.7. The topological polar surface area (TPSA) is 73.6 Å². The van der Waals surface area contributed by atoms with Crippen LogP contribution in [0.4, 0.5) is 0 Å². The first-order valence-electron chi connectivity index (χ1n) is 7.87. The van der Waals surface area contributed by atoms with Gasteiger partial charge >= 0.3 is 0 Å². The fraction of sp³-hybridized carbons (Fsp3) is 0.316. The molecule has 1 amide bonds. The van der Waals surface area contributed by atoms with Gasteiger partial charge in [-0.25, -0.2) is 0 Å². The lowest BCUT2D eigenvalue weighted by molar-refractivity contribution is -0.123. The van der Waals surface area contributed by atoms with Crippen molar-refractivity contribution in [1.29, 1.82) is 0 Å². The van der Waals surface area contributed by atoms with Crippen molar-refractivity contribution in [1.82, 2.24) is 5.32 Å². The van der Waals surface area contributed by atoms with Gasteiger partial charge in [-0.15, -0.1) is 12.4 Å². The first-order valence-corrected chi connectivity index (χ1v) is 7.87. The molecule has 6 heteroatoms. The zero-order chi connectivity index (χ0) is 17.5. The minimum absolute atomic E-state index is 0. The Bertz CT molecular complexity index is 680. The fourth-order valence-electron chi connectivity index (χ4n) is 2.54. The third kappa shape index (κ3) is 5.66. The van der Waals surface area contributed by atoms with Crippen LogP contribution in [0.25, 0.3) is 0 Å². The molecule has 2 aromatic rings. The van der Waals surface area contributed by atoms with Gasteiger partial charge in [0, 0.05) is 5.56 Å². The highest BCUT2D eigenvalue weighted by atomic mass is 35.5. The molecular weight excluding hydrogens is 340 g/mol. The summed E-state index contributed by atoms with van der Waals surface area (Å²) in [6.07, 6.45) is 0.495. The second kappa shape index (κ2) is 9.91. The number of halogens is 1. The van der Waals surface area contributed by atoms with Gasteiger partial charge in [-0.05, 0) is 37.1 Å². The normalized spacial score (nSPS) is 12.5. The van der Waals surface area contributed by atoms with Crippen LogP contribution in [0.5, 0.6) is 11.5 Å². The molecule has 25 heavy (non-hydrogen) atoms. The Hall–Kier alpha value is -2.24. The van der Waals surface area contributed by atoms with Gasteiger partial charge in [0.05, 0.1) is 26.3 Å². The second-order valence-corrected chi connectivity index (χ2v) is 5.63. The summed E-state index contributed by atoms with van der Waals surface area (Å²) >= 11 is 0. The van der Waals surface area contributed by atoms with Crippen molar-refractivity contribution in [2.75, 3.05) is 14.2 Å². The van der Waals surface area contributed by atoms with Gasteiger partial charge in [0.25, 0.3) is 0 Å². The molecule has 0 fully saturated rings. The molecule has 0 saturated heterocycles. The van der Waals surface area contributed by atoms with Gasteiger partial charge in [-0.3, -0.25) is 4.79 Å². The highest BCUT2D eigenvalue weighted by molar-refractivity contribution is 5.85. The Balaban J connectivity index is 0.00000312. The van der Waals surface area contributed by atoms with Crippen molar-refractivity contribution in [3.05, 3.63) is 59.7 Å². The van der Waals surface area contributed by atoms with E-state index in [1.165, 1.54) is 0 Å². The largest absolute Gasteiger partial charge is 0.497 e. The summed E-state index contributed by atoms with van der Waals surface area (Å²) in [5, 5.41) is 2.94. The summed E-state index contributed by atoms with van der Waals surface area (Å²) in [5.74, 6) is 1.21. The number of hydrogen-bond acceptors (Lipinski definition) is 4. The van der Waals surface area contributed by atoms with E-state index in [0.717, 1.165) is 11.1 Å². The lowest BCUT2D eigenvalue weighted by Crippen LogP contribution is -2.43. The van der Waals surface area contributed by atoms with Crippen molar-refractivity contribution in [2.45, 2.75) is 25.4 Å². The number of nitrogens with one attached hydrogen (secondary N) is 1. The zero-order valence-corrected chi connectivity index (χ0v) is 15.5. The predicted molar refractivity (Wildman–Crippen MR) is 101 cm³/mol. The molecular formula is C19H25ClN2O3. The smallest absolute Gasteiger partial charge is 0.237 e.